The van der Waals surface area contributed by atoms with E-state index in [2.05, 4.69) is 36.5 Å². The molecule has 0 aliphatic rings. The lowest BCUT2D eigenvalue weighted by atomic mass is 10.1. The van der Waals surface area contributed by atoms with Crippen LogP contribution in [-0.4, -0.2) is 34.0 Å². The average Bonchev–Trinajstić information content (AvgIpc) is 2.67. The monoisotopic (exact) mass is 446 g/mol. The summed E-state index contributed by atoms with van der Waals surface area (Å²) in [7, 11) is 0. The summed E-state index contributed by atoms with van der Waals surface area (Å²) in [5.41, 5.74) is 2.84. The number of carbonyl (C=O) groups is 2. The van der Waals surface area contributed by atoms with Crippen molar-refractivity contribution in [3.05, 3.63) is 70.2 Å². The first-order valence-electron chi connectivity index (χ1n) is 10.0. The summed E-state index contributed by atoms with van der Waals surface area (Å²) in [5.74, 6) is 0.787. The number of nitrogens with one attached hydrogen (secondary N) is 1. The van der Waals surface area contributed by atoms with Gasteiger partial charge in [-0.05, 0) is 51.8 Å². The highest BCUT2D eigenvalue weighted by molar-refractivity contribution is 7.99. The van der Waals surface area contributed by atoms with Gasteiger partial charge in [0, 0.05) is 22.9 Å². The van der Waals surface area contributed by atoms with Crippen LogP contribution in [0.3, 0.4) is 0 Å². The fourth-order valence-electron chi connectivity index (χ4n) is 2.89. The van der Waals surface area contributed by atoms with Crippen molar-refractivity contribution in [2.75, 3.05) is 5.75 Å². The van der Waals surface area contributed by atoms with Crippen LogP contribution < -0.4 is 5.32 Å². The Morgan fingerprint density at radius 3 is 2.33 bits per heavy atom. The Morgan fingerprint density at radius 1 is 1.10 bits per heavy atom. The second-order valence-electron chi connectivity index (χ2n) is 8.51. The second kappa shape index (κ2) is 10.9. The summed E-state index contributed by atoms with van der Waals surface area (Å²) >= 11 is 7.87. The van der Waals surface area contributed by atoms with E-state index in [9.17, 15) is 9.59 Å². The van der Waals surface area contributed by atoms with Gasteiger partial charge in [-0.25, -0.2) is 0 Å². The van der Waals surface area contributed by atoms with Crippen LogP contribution in [0.5, 0.6) is 0 Å². The molecule has 2 rings (SSSR count). The Bertz CT molecular complexity index is 862. The Labute approximate surface area is 189 Å². The van der Waals surface area contributed by atoms with Crippen molar-refractivity contribution in [3.8, 4) is 0 Å². The summed E-state index contributed by atoms with van der Waals surface area (Å²) in [4.78, 5) is 27.5. The highest BCUT2D eigenvalue weighted by Crippen LogP contribution is 2.21. The second-order valence-corrected chi connectivity index (χ2v) is 9.90. The Morgan fingerprint density at radius 2 is 1.73 bits per heavy atom. The molecule has 2 amide bonds. The van der Waals surface area contributed by atoms with Crippen LogP contribution in [0, 0.1) is 6.92 Å². The Kier molecular flexibility index (Phi) is 8.80. The van der Waals surface area contributed by atoms with E-state index in [0.717, 1.165) is 11.3 Å². The van der Waals surface area contributed by atoms with Gasteiger partial charge >= 0.3 is 0 Å². The fourth-order valence-corrected chi connectivity index (χ4v) is 3.96. The van der Waals surface area contributed by atoms with Crippen LogP contribution in [-0.2, 0) is 21.9 Å². The highest BCUT2D eigenvalue weighted by atomic mass is 35.5. The number of halogens is 1. The minimum absolute atomic E-state index is 0.0800. The number of aryl methyl sites for hydroxylation is 1. The summed E-state index contributed by atoms with van der Waals surface area (Å²) < 4.78 is 0. The van der Waals surface area contributed by atoms with Crippen molar-refractivity contribution in [3.63, 3.8) is 0 Å². The van der Waals surface area contributed by atoms with Crippen molar-refractivity contribution in [2.24, 2.45) is 0 Å². The standard InChI is InChI=1S/C24H31ClN2O2S/c1-17-10-12-19(13-11-17)15-30-16-22(28)27(14-20-8-6-7-9-21(20)25)18(2)23(29)26-24(3,4)5/h6-13,18H,14-16H2,1-5H3,(H,26,29)/t18-/m0/s1. The predicted molar refractivity (Wildman–Crippen MR) is 127 cm³/mol. The molecule has 0 bridgehead atoms. The van der Waals surface area contributed by atoms with Gasteiger partial charge in [-0.1, -0.05) is 59.6 Å². The molecule has 0 unspecified atom stereocenters. The lowest BCUT2D eigenvalue weighted by Crippen LogP contribution is -2.52. The molecule has 0 saturated heterocycles. The number of amides is 2. The van der Waals surface area contributed by atoms with E-state index in [4.69, 9.17) is 11.6 Å². The molecule has 0 saturated carbocycles. The fraction of sp³-hybridized carbons (Fsp3) is 0.417. The summed E-state index contributed by atoms with van der Waals surface area (Å²) in [5, 5.41) is 3.56. The molecule has 6 heteroatoms. The number of rotatable bonds is 8. The predicted octanol–water partition coefficient (Wildman–Crippen LogP) is 5.21. The first kappa shape index (κ1) is 24.3. The van der Waals surface area contributed by atoms with E-state index in [-0.39, 0.29) is 17.4 Å². The molecule has 162 valence electrons. The first-order chi connectivity index (χ1) is 14.1. The number of nitrogens with zero attached hydrogens (tertiary/aromatic N) is 1. The highest BCUT2D eigenvalue weighted by Gasteiger charge is 2.28. The summed E-state index contributed by atoms with van der Waals surface area (Å²) in [6.07, 6.45) is 0. The third kappa shape index (κ3) is 7.69. The van der Waals surface area contributed by atoms with Gasteiger partial charge in [0.2, 0.25) is 11.8 Å². The molecular weight excluding hydrogens is 416 g/mol. The number of thioether (sulfide) groups is 1. The maximum atomic E-state index is 13.1. The van der Waals surface area contributed by atoms with Gasteiger partial charge in [-0.3, -0.25) is 9.59 Å². The topological polar surface area (TPSA) is 49.4 Å². The largest absolute Gasteiger partial charge is 0.350 e. The Balaban J connectivity index is 2.10. The van der Waals surface area contributed by atoms with Gasteiger partial charge in [0.15, 0.2) is 0 Å². The van der Waals surface area contributed by atoms with Crippen LogP contribution in [0.2, 0.25) is 5.02 Å². The van der Waals surface area contributed by atoms with Crippen LogP contribution in [0.25, 0.3) is 0 Å². The smallest absolute Gasteiger partial charge is 0.242 e. The van der Waals surface area contributed by atoms with Crippen LogP contribution in [0.4, 0.5) is 0 Å². The molecule has 0 aromatic heterocycles. The van der Waals surface area contributed by atoms with Gasteiger partial charge in [0.1, 0.15) is 6.04 Å². The van der Waals surface area contributed by atoms with E-state index in [1.807, 2.05) is 39.0 Å². The van der Waals surface area contributed by atoms with E-state index in [1.165, 1.54) is 11.1 Å². The summed E-state index contributed by atoms with van der Waals surface area (Å²) in [6, 6.07) is 15.1. The first-order valence-corrected chi connectivity index (χ1v) is 11.6. The number of carbonyl (C=O) groups excluding carboxylic acids is 2. The zero-order valence-corrected chi connectivity index (χ0v) is 19.9. The van der Waals surface area contributed by atoms with Gasteiger partial charge in [0.25, 0.3) is 0 Å². The van der Waals surface area contributed by atoms with Crippen molar-refractivity contribution >= 4 is 35.2 Å². The van der Waals surface area contributed by atoms with Gasteiger partial charge in [-0.2, -0.15) is 0 Å². The van der Waals surface area contributed by atoms with Gasteiger partial charge < -0.3 is 10.2 Å². The van der Waals surface area contributed by atoms with Crippen molar-refractivity contribution < 1.29 is 9.59 Å². The molecule has 0 spiro atoms. The lowest BCUT2D eigenvalue weighted by Gasteiger charge is -2.31. The molecule has 4 nitrogen and oxygen atoms in total. The number of hydrogen-bond acceptors (Lipinski definition) is 3. The van der Waals surface area contributed by atoms with Crippen LogP contribution in [0.15, 0.2) is 48.5 Å². The molecular formula is C24H31ClN2O2S. The SMILES string of the molecule is Cc1ccc(CSCC(=O)N(Cc2ccccc2Cl)[C@@H](C)C(=O)NC(C)(C)C)cc1. The van der Waals surface area contributed by atoms with Crippen LogP contribution in [0.1, 0.15) is 44.4 Å². The zero-order valence-electron chi connectivity index (χ0n) is 18.4. The molecule has 0 heterocycles. The van der Waals surface area contributed by atoms with Crippen molar-refractivity contribution in [1.29, 1.82) is 0 Å². The van der Waals surface area contributed by atoms with E-state index in [0.29, 0.717) is 17.3 Å². The maximum absolute atomic E-state index is 13.1. The minimum atomic E-state index is -0.604. The third-order valence-corrected chi connectivity index (χ3v) is 5.94. The Hall–Kier alpha value is -1.98. The lowest BCUT2D eigenvalue weighted by molar-refractivity contribution is -0.139. The molecule has 1 N–H and O–H groups in total. The number of hydrogen-bond donors (Lipinski definition) is 1. The van der Waals surface area contributed by atoms with Gasteiger partial charge in [-0.15, -0.1) is 11.8 Å². The van der Waals surface area contributed by atoms with E-state index in [1.54, 1.807) is 29.7 Å². The maximum Gasteiger partial charge on any atom is 0.242 e. The van der Waals surface area contributed by atoms with Crippen molar-refractivity contribution in [2.45, 2.75) is 58.5 Å². The van der Waals surface area contributed by atoms with Crippen molar-refractivity contribution in [1.82, 2.24) is 10.2 Å². The molecule has 1 atom stereocenters. The molecule has 2 aromatic rings. The average molecular weight is 447 g/mol. The quantitative estimate of drug-likeness (QED) is 0.605. The van der Waals surface area contributed by atoms with Gasteiger partial charge in [0.05, 0.1) is 5.75 Å². The normalized spacial score (nSPS) is 12.3. The minimum Gasteiger partial charge on any atom is -0.350 e. The molecule has 0 fully saturated rings. The molecule has 0 radical (unpaired) electrons. The van der Waals surface area contributed by atoms with E-state index < -0.39 is 6.04 Å². The molecule has 2 aromatic carbocycles. The molecule has 0 aliphatic carbocycles. The number of benzene rings is 2. The molecule has 30 heavy (non-hydrogen) atoms. The zero-order chi connectivity index (χ0) is 22.3. The molecule has 0 aliphatic heterocycles. The summed E-state index contributed by atoms with van der Waals surface area (Å²) in [6.45, 7) is 9.89. The third-order valence-electron chi connectivity index (χ3n) is 4.58. The van der Waals surface area contributed by atoms with Crippen LogP contribution >= 0.6 is 23.4 Å². The van der Waals surface area contributed by atoms with E-state index >= 15 is 0 Å².